The monoisotopic (exact) mass is 387 g/mol. The van der Waals surface area contributed by atoms with Gasteiger partial charge in [-0.1, -0.05) is 6.42 Å². The average molecular weight is 387 g/mol. The van der Waals surface area contributed by atoms with Gasteiger partial charge in [0.2, 0.25) is 5.91 Å². The fraction of sp³-hybridized carbons (Fsp3) is 0.500. The van der Waals surface area contributed by atoms with Gasteiger partial charge in [0, 0.05) is 11.7 Å². The van der Waals surface area contributed by atoms with Crippen LogP contribution in [0.2, 0.25) is 0 Å². The Bertz CT molecular complexity index is 840. The molecule has 0 unspecified atom stereocenters. The third kappa shape index (κ3) is 3.16. The van der Waals surface area contributed by atoms with Gasteiger partial charge in [0.15, 0.2) is 0 Å². The normalized spacial score (nSPS) is 27.6. The maximum absolute atomic E-state index is 12.9. The van der Waals surface area contributed by atoms with Crippen LogP contribution in [0.15, 0.2) is 24.3 Å². The van der Waals surface area contributed by atoms with Gasteiger partial charge in [0.1, 0.15) is 12.4 Å². The molecule has 5 amide bonds. The molecule has 3 fully saturated rings. The molecule has 1 aliphatic heterocycles. The first kappa shape index (κ1) is 18.6. The quantitative estimate of drug-likeness (QED) is 0.621. The van der Waals surface area contributed by atoms with Crippen LogP contribution in [0.25, 0.3) is 0 Å². The Hall–Kier alpha value is -2.77. The Morgan fingerprint density at radius 2 is 1.86 bits per heavy atom. The topological polar surface area (TPSA) is 86.8 Å². The van der Waals surface area contributed by atoms with Gasteiger partial charge >= 0.3 is 17.8 Å². The largest absolute Gasteiger partial charge is 0.334 e. The maximum Gasteiger partial charge on any atom is 0.334 e. The molecule has 28 heavy (non-hydrogen) atoms. The summed E-state index contributed by atoms with van der Waals surface area (Å²) < 4.78 is 12.9. The Morgan fingerprint density at radius 3 is 2.46 bits per heavy atom. The van der Waals surface area contributed by atoms with Gasteiger partial charge in [0.05, 0.1) is 0 Å². The molecule has 2 saturated carbocycles. The molecule has 4 rings (SSSR count). The zero-order valence-corrected chi connectivity index (χ0v) is 15.6. The van der Waals surface area contributed by atoms with E-state index in [4.69, 9.17) is 0 Å². The van der Waals surface area contributed by atoms with Crippen LogP contribution in [0.3, 0.4) is 0 Å². The highest BCUT2D eigenvalue weighted by Gasteiger charge is 2.52. The van der Waals surface area contributed by atoms with Crippen LogP contribution in [-0.4, -0.2) is 46.1 Å². The lowest BCUT2D eigenvalue weighted by Crippen LogP contribution is -2.45. The molecule has 0 spiro atoms. The molecule has 1 heterocycles. The van der Waals surface area contributed by atoms with Crippen LogP contribution < -0.4 is 5.32 Å². The summed E-state index contributed by atoms with van der Waals surface area (Å²) in [5.74, 6) is -1.56. The summed E-state index contributed by atoms with van der Waals surface area (Å²) in [6.07, 6.45) is 4.41. The van der Waals surface area contributed by atoms with Crippen molar-refractivity contribution in [3.8, 4) is 0 Å². The second kappa shape index (κ2) is 7.00. The second-order valence-electron chi connectivity index (χ2n) is 7.98. The lowest BCUT2D eigenvalue weighted by atomic mass is 9.83. The van der Waals surface area contributed by atoms with Crippen LogP contribution in [0.5, 0.6) is 0 Å². The van der Waals surface area contributed by atoms with E-state index in [9.17, 15) is 23.6 Å². The molecular formula is C20H22FN3O4. The van der Waals surface area contributed by atoms with E-state index in [0.29, 0.717) is 22.4 Å². The van der Waals surface area contributed by atoms with Crippen LogP contribution in [0.1, 0.15) is 32.6 Å². The Kier molecular flexibility index (Phi) is 4.64. The fourth-order valence-corrected chi connectivity index (χ4v) is 4.97. The SMILES string of the molecule is C[C@@H]([C@H]1C[C@@H]2CC[C@@H]1C2)N1C(=O)C(=O)N(CC(=O)Nc2ccc(F)cc2)C1=O. The number of anilines is 1. The highest BCUT2D eigenvalue weighted by Crippen LogP contribution is 2.50. The first-order valence-corrected chi connectivity index (χ1v) is 9.59. The summed E-state index contributed by atoms with van der Waals surface area (Å²) in [6, 6.07) is 4.02. The van der Waals surface area contributed by atoms with Gasteiger partial charge in [-0.15, -0.1) is 0 Å². The van der Waals surface area contributed by atoms with Crippen LogP contribution in [0.4, 0.5) is 14.9 Å². The summed E-state index contributed by atoms with van der Waals surface area (Å²) in [7, 11) is 0. The molecule has 8 heteroatoms. The summed E-state index contributed by atoms with van der Waals surface area (Å²) in [4.78, 5) is 51.4. The smallest absolute Gasteiger partial charge is 0.325 e. The standard InChI is InChI=1S/C20H22FN3O4/c1-11(16-9-12-2-3-13(16)8-12)24-19(27)18(26)23(20(24)28)10-17(25)22-15-6-4-14(21)5-7-15/h4-7,11-13,16H,2-3,8-10H2,1H3,(H,22,25)/t11-,12+,13+,16+/m0/s1. The molecule has 7 nitrogen and oxygen atoms in total. The maximum atomic E-state index is 12.9. The van der Waals surface area contributed by atoms with Crippen molar-refractivity contribution in [1.29, 1.82) is 0 Å². The summed E-state index contributed by atoms with van der Waals surface area (Å²) in [6.45, 7) is 1.26. The molecule has 1 N–H and O–H groups in total. The van der Waals surface area contributed by atoms with Gasteiger partial charge in [0.25, 0.3) is 0 Å². The van der Waals surface area contributed by atoms with Crippen molar-refractivity contribution < 1.29 is 23.6 Å². The van der Waals surface area contributed by atoms with Gasteiger partial charge in [-0.25, -0.2) is 14.1 Å². The zero-order valence-electron chi connectivity index (χ0n) is 15.6. The average Bonchev–Trinajstić information content (AvgIpc) is 3.35. The van der Waals surface area contributed by atoms with Gasteiger partial charge in [-0.05, 0) is 68.2 Å². The summed E-state index contributed by atoms with van der Waals surface area (Å²) in [5, 5.41) is 2.49. The predicted molar refractivity (Wildman–Crippen MR) is 97.4 cm³/mol. The minimum Gasteiger partial charge on any atom is -0.325 e. The van der Waals surface area contributed by atoms with E-state index >= 15 is 0 Å². The fourth-order valence-electron chi connectivity index (χ4n) is 4.97. The van der Waals surface area contributed by atoms with E-state index in [1.165, 1.54) is 30.7 Å². The van der Waals surface area contributed by atoms with Gasteiger partial charge in [-0.3, -0.25) is 19.3 Å². The van der Waals surface area contributed by atoms with Crippen LogP contribution >= 0.6 is 0 Å². The molecule has 1 aromatic rings. The number of hydrogen-bond donors (Lipinski definition) is 1. The minimum absolute atomic E-state index is 0.215. The number of carbonyl (C=O) groups excluding carboxylic acids is 4. The highest BCUT2D eigenvalue weighted by molar-refractivity contribution is 6.45. The third-order valence-corrected chi connectivity index (χ3v) is 6.33. The first-order valence-electron chi connectivity index (χ1n) is 9.59. The van der Waals surface area contributed by atoms with Crippen LogP contribution in [0, 0.1) is 23.6 Å². The number of benzene rings is 1. The number of carbonyl (C=O) groups is 4. The lowest BCUT2D eigenvalue weighted by Gasteiger charge is -2.32. The van der Waals surface area contributed by atoms with Crippen molar-refractivity contribution >= 4 is 29.4 Å². The summed E-state index contributed by atoms with van der Waals surface area (Å²) >= 11 is 0. The van der Waals surface area contributed by atoms with Gasteiger partial charge < -0.3 is 5.32 Å². The van der Waals surface area contributed by atoms with Crippen molar-refractivity contribution in [3.05, 3.63) is 30.1 Å². The summed E-state index contributed by atoms with van der Waals surface area (Å²) in [5.41, 5.74) is 0.337. The van der Waals surface area contributed by atoms with Crippen LogP contribution in [-0.2, 0) is 14.4 Å². The number of nitrogens with one attached hydrogen (secondary N) is 1. The van der Waals surface area contributed by atoms with E-state index in [2.05, 4.69) is 5.32 Å². The molecule has 148 valence electrons. The molecule has 4 atom stereocenters. The van der Waals surface area contributed by atoms with Crippen molar-refractivity contribution in [2.45, 2.75) is 38.6 Å². The van der Waals surface area contributed by atoms with E-state index < -0.39 is 36.1 Å². The predicted octanol–water partition coefficient (Wildman–Crippen LogP) is 2.38. The Morgan fingerprint density at radius 1 is 1.14 bits per heavy atom. The highest BCUT2D eigenvalue weighted by atomic mass is 19.1. The molecule has 2 aliphatic carbocycles. The Balaban J connectivity index is 1.43. The molecule has 0 radical (unpaired) electrons. The van der Waals surface area contributed by atoms with Gasteiger partial charge in [-0.2, -0.15) is 0 Å². The second-order valence-corrected chi connectivity index (χ2v) is 7.98. The first-order chi connectivity index (χ1) is 13.3. The molecule has 1 saturated heterocycles. The van der Waals surface area contributed by atoms with Crippen molar-refractivity contribution in [2.75, 3.05) is 11.9 Å². The molecule has 3 aliphatic rings. The Labute approximate surface area is 161 Å². The zero-order chi connectivity index (χ0) is 20.0. The number of urea groups is 1. The lowest BCUT2D eigenvalue weighted by molar-refractivity contribution is -0.144. The molecule has 0 aromatic heterocycles. The van der Waals surface area contributed by atoms with E-state index in [1.54, 1.807) is 0 Å². The number of halogens is 1. The minimum atomic E-state index is -0.978. The van der Waals surface area contributed by atoms with Crippen molar-refractivity contribution in [3.63, 3.8) is 0 Å². The van der Waals surface area contributed by atoms with Crippen molar-refractivity contribution in [2.24, 2.45) is 17.8 Å². The number of amides is 5. The molecule has 1 aromatic carbocycles. The van der Waals surface area contributed by atoms with Crippen molar-refractivity contribution in [1.82, 2.24) is 9.80 Å². The number of rotatable bonds is 5. The van der Waals surface area contributed by atoms with E-state index in [1.807, 2.05) is 6.92 Å². The molecular weight excluding hydrogens is 365 g/mol. The number of hydrogen-bond acceptors (Lipinski definition) is 4. The number of imide groups is 2. The third-order valence-electron chi connectivity index (χ3n) is 6.33. The van der Waals surface area contributed by atoms with E-state index in [0.717, 1.165) is 24.2 Å². The van der Waals surface area contributed by atoms with E-state index in [-0.39, 0.29) is 12.0 Å². The number of nitrogens with zero attached hydrogens (tertiary/aromatic N) is 2. The molecule has 2 bridgehead atoms. The number of fused-ring (bicyclic) bond motifs is 2.